The summed E-state index contributed by atoms with van der Waals surface area (Å²) in [5, 5.41) is 8.14. The van der Waals surface area contributed by atoms with E-state index in [-0.39, 0.29) is 0 Å². The van der Waals surface area contributed by atoms with Crippen molar-refractivity contribution < 1.29 is 9.90 Å². The van der Waals surface area contributed by atoms with Crippen molar-refractivity contribution >= 4 is 16.2 Å². The highest BCUT2D eigenvalue weighted by atomic mass is 28.1. The molecule has 0 aliphatic heterocycles. The van der Waals surface area contributed by atoms with Crippen LogP contribution in [0.1, 0.15) is 6.92 Å². The molecular formula is C4H8O2Si. The van der Waals surface area contributed by atoms with E-state index >= 15 is 0 Å². The molecule has 7 heavy (non-hydrogen) atoms. The lowest BCUT2D eigenvalue weighted by Gasteiger charge is -1.84. The van der Waals surface area contributed by atoms with E-state index in [0.717, 1.165) is 10.2 Å². The monoisotopic (exact) mass is 116 g/mol. The highest BCUT2D eigenvalue weighted by molar-refractivity contribution is 6.19. The van der Waals surface area contributed by atoms with E-state index in [4.69, 9.17) is 5.11 Å². The van der Waals surface area contributed by atoms with Crippen LogP contribution < -0.4 is 0 Å². The average molecular weight is 116 g/mol. The van der Waals surface area contributed by atoms with Gasteiger partial charge in [-0.2, -0.15) is 0 Å². The summed E-state index contributed by atoms with van der Waals surface area (Å²) in [6.07, 6.45) is 0. The second-order valence-electron chi connectivity index (χ2n) is 1.28. The zero-order chi connectivity index (χ0) is 5.86. The molecule has 0 unspecified atom stereocenters. The lowest BCUT2D eigenvalue weighted by Crippen LogP contribution is -1.94. The smallest absolute Gasteiger partial charge is 0.330 e. The normalized spacial score (nSPS) is 11.9. The van der Waals surface area contributed by atoms with E-state index in [0.29, 0.717) is 5.57 Å². The molecule has 3 heteroatoms. The largest absolute Gasteiger partial charge is 0.478 e. The summed E-state index contributed by atoms with van der Waals surface area (Å²) in [7, 11) is 0.828. The maximum absolute atomic E-state index is 9.88. The van der Waals surface area contributed by atoms with Crippen LogP contribution in [0.4, 0.5) is 0 Å². The summed E-state index contributed by atoms with van der Waals surface area (Å²) >= 11 is 0. The molecule has 0 bridgehead atoms. The molecule has 0 spiro atoms. The molecule has 0 rings (SSSR count). The first kappa shape index (κ1) is 6.43. The van der Waals surface area contributed by atoms with Crippen molar-refractivity contribution in [3.05, 3.63) is 11.3 Å². The van der Waals surface area contributed by atoms with Gasteiger partial charge in [0, 0.05) is 15.8 Å². The molecule has 0 atom stereocenters. The molecular weight excluding hydrogens is 108 g/mol. The minimum Gasteiger partial charge on any atom is -0.478 e. The predicted octanol–water partition coefficient (Wildman–Crippen LogP) is -0.660. The van der Waals surface area contributed by atoms with Gasteiger partial charge in [0.25, 0.3) is 0 Å². The van der Waals surface area contributed by atoms with E-state index in [1.807, 2.05) is 0 Å². The molecule has 2 nitrogen and oxygen atoms in total. The van der Waals surface area contributed by atoms with E-state index in [2.05, 4.69) is 0 Å². The number of aliphatic carboxylic acids is 1. The Kier molecular flexibility index (Phi) is 2.36. The lowest BCUT2D eigenvalue weighted by molar-refractivity contribution is -0.132. The summed E-state index contributed by atoms with van der Waals surface area (Å²) in [6.45, 7) is 1.59. The molecule has 0 aliphatic rings. The zero-order valence-electron chi connectivity index (χ0n) is 4.43. The molecule has 1 N–H and O–H groups in total. The van der Waals surface area contributed by atoms with Crippen molar-refractivity contribution in [1.29, 1.82) is 0 Å². The number of carbonyl (C=O) groups is 1. The van der Waals surface area contributed by atoms with Gasteiger partial charge >= 0.3 is 5.97 Å². The van der Waals surface area contributed by atoms with Crippen LogP contribution in [-0.4, -0.2) is 21.3 Å². The second-order valence-corrected chi connectivity index (χ2v) is 1.85. The number of hydrogen-bond donors (Lipinski definition) is 1. The fourth-order valence-corrected chi connectivity index (χ4v) is 0.370. The first-order valence-electron chi connectivity index (χ1n) is 2.04. The number of hydrogen-bond acceptors (Lipinski definition) is 1. The van der Waals surface area contributed by atoms with Crippen molar-refractivity contribution in [3.63, 3.8) is 0 Å². The van der Waals surface area contributed by atoms with Gasteiger partial charge in [-0.05, 0) is 6.92 Å². The molecule has 0 fully saturated rings. The van der Waals surface area contributed by atoms with E-state index < -0.39 is 5.97 Å². The van der Waals surface area contributed by atoms with Crippen LogP contribution >= 0.6 is 0 Å². The molecule has 0 amide bonds. The summed E-state index contributed by atoms with van der Waals surface area (Å²) in [4.78, 5) is 9.88. The van der Waals surface area contributed by atoms with Crippen LogP contribution in [0.5, 0.6) is 0 Å². The first-order valence-corrected chi connectivity index (χ1v) is 3.20. The average Bonchev–Trinajstić information content (AvgIpc) is 1.65. The van der Waals surface area contributed by atoms with Crippen molar-refractivity contribution in [3.8, 4) is 0 Å². The van der Waals surface area contributed by atoms with E-state index in [1.165, 1.54) is 0 Å². The Balaban J connectivity index is 3.82. The van der Waals surface area contributed by atoms with Gasteiger partial charge in [0.2, 0.25) is 0 Å². The molecule has 0 aliphatic carbocycles. The standard InChI is InChI=1S/C4H8O2Si/c1-3(2-7)4(5)6/h2H,1,7H3,(H,5,6). The Bertz CT molecular complexity index is 106. The minimum absolute atomic E-state index is 0.451. The van der Waals surface area contributed by atoms with Gasteiger partial charge in [-0.3, -0.25) is 0 Å². The number of carboxylic acids is 1. The molecule has 0 saturated heterocycles. The van der Waals surface area contributed by atoms with Crippen LogP contribution in [0.15, 0.2) is 11.3 Å². The van der Waals surface area contributed by atoms with Crippen LogP contribution in [-0.2, 0) is 4.79 Å². The lowest BCUT2D eigenvalue weighted by atomic mass is 10.4. The molecule has 0 saturated carbocycles. The van der Waals surface area contributed by atoms with E-state index in [9.17, 15) is 4.79 Å². The Morgan fingerprint density at radius 1 is 1.86 bits per heavy atom. The van der Waals surface area contributed by atoms with E-state index in [1.54, 1.807) is 12.6 Å². The minimum atomic E-state index is -0.810. The van der Waals surface area contributed by atoms with Gasteiger partial charge in [-0.1, -0.05) is 5.70 Å². The SMILES string of the molecule is CC(=C[SiH3])C(=O)O. The van der Waals surface area contributed by atoms with Gasteiger partial charge in [0.1, 0.15) is 0 Å². The van der Waals surface area contributed by atoms with Gasteiger partial charge in [-0.25, -0.2) is 4.79 Å². The topological polar surface area (TPSA) is 37.3 Å². The van der Waals surface area contributed by atoms with Gasteiger partial charge in [0.05, 0.1) is 0 Å². The zero-order valence-corrected chi connectivity index (χ0v) is 6.43. The molecule has 0 aromatic carbocycles. The maximum atomic E-state index is 9.88. The Labute approximate surface area is 45.3 Å². The molecule has 0 aromatic heterocycles. The van der Waals surface area contributed by atoms with Crippen LogP contribution in [0.25, 0.3) is 0 Å². The highest BCUT2D eigenvalue weighted by Gasteiger charge is 1.93. The molecule has 40 valence electrons. The van der Waals surface area contributed by atoms with Crippen LogP contribution in [0.2, 0.25) is 0 Å². The maximum Gasteiger partial charge on any atom is 0.330 e. The van der Waals surface area contributed by atoms with Gasteiger partial charge in [0.15, 0.2) is 0 Å². The summed E-state index contributed by atoms with van der Waals surface area (Å²) in [5.41, 5.74) is 2.15. The number of carboxylic acid groups (broad SMARTS) is 1. The Morgan fingerprint density at radius 2 is 2.29 bits per heavy atom. The summed E-state index contributed by atoms with van der Waals surface area (Å²) in [5.74, 6) is -0.810. The third kappa shape index (κ3) is 2.16. The second kappa shape index (κ2) is 2.57. The summed E-state index contributed by atoms with van der Waals surface area (Å²) in [6, 6.07) is 0. The fraction of sp³-hybridized carbons (Fsp3) is 0.250. The van der Waals surface area contributed by atoms with Crippen LogP contribution in [0, 0.1) is 0 Å². The Morgan fingerprint density at radius 3 is 2.29 bits per heavy atom. The van der Waals surface area contributed by atoms with Gasteiger partial charge in [-0.15, -0.1) is 0 Å². The third-order valence-electron chi connectivity index (χ3n) is 0.770. The number of rotatable bonds is 1. The molecule has 0 radical (unpaired) electrons. The summed E-state index contributed by atoms with van der Waals surface area (Å²) < 4.78 is 0. The Hall–Kier alpha value is -0.573. The highest BCUT2D eigenvalue weighted by Crippen LogP contribution is 1.85. The van der Waals surface area contributed by atoms with Crippen molar-refractivity contribution in [2.75, 3.05) is 0 Å². The molecule has 0 heterocycles. The predicted molar refractivity (Wildman–Crippen MR) is 31.3 cm³/mol. The van der Waals surface area contributed by atoms with Crippen LogP contribution in [0.3, 0.4) is 0 Å². The van der Waals surface area contributed by atoms with Crippen molar-refractivity contribution in [1.82, 2.24) is 0 Å². The quantitative estimate of drug-likeness (QED) is 0.365. The van der Waals surface area contributed by atoms with Crippen molar-refractivity contribution in [2.24, 2.45) is 0 Å². The third-order valence-corrected chi connectivity index (χ3v) is 1.64. The fourth-order valence-electron chi connectivity index (χ4n) is 0.123. The first-order chi connectivity index (χ1) is 3.18. The molecule has 0 aromatic rings. The van der Waals surface area contributed by atoms with Gasteiger partial charge < -0.3 is 5.11 Å². The van der Waals surface area contributed by atoms with Crippen molar-refractivity contribution in [2.45, 2.75) is 6.92 Å².